The molecule has 1 aromatic carbocycles. The Hall–Kier alpha value is -1.09. The molecular formula is C11H17FN2. The van der Waals surface area contributed by atoms with Crippen molar-refractivity contribution in [2.75, 3.05) is 11.9 Å². The van der Waals surface area contributed by atoms with Crippen LogP contribution in [0.2, 0.25) is 0 Å². The van der Waals surface area contributed by atoms with Crippen LogP contribution in [0.15, 0.2) is 18.2 Å². The molecule has 0 radical (unpaired) electrons. The first-order chi connectivity index (χ1) is 6.56. The molecule has 0 saturated heterocycles. The van der Waals surface area contributed by atoms with Crippen molar-refractivity contribution in [1.29, 1.82) is 0 Å². The van der Waals surface area contributed by atoms with Gasteiger partial charge in [-0.15, -0.1) is 0 Å². The van der Waals surface area contributed by atoms with E-state index in [4.69, 9.17) is 5.73 Å². The van der Waals surface area contributed by atoms with E-state index in [1.165, 1.54) is 6.07 Å². The minimum atomic E-state index is -0.225. The maximum absolute atomic E-state index is 13.4. The molecule has 0 saturated carbocycles. The van der Waals surface area contributed by atoms with Crippen LogP contribution < -0.4 is 10.6 Å². The summed E-state index contributed by atoms with van der Waals surface area (Å²) in [7, 11) is 1.95. The van der Waals surface area contributed by atoms with Crippen LogP contribution in [0.1, 0.15) is 19.4 Å². The predicted molar refractivity (Wildman–Crippen MR) is 57.8 cm³/mol. The zero-order valence-corrected chi connectivity index (χ0v) is 8.92. The van der Waals surface area contributed by atoms with Crippen LogP contribution in [-0.2, 0) is 6.54 Å². The summed E-state index contributed by atoms with van der Waals surface area (Å²) in [4.78, 5) is 2.02. The van der Waals surface area contributed by atoms with Gasteiger partial charge < -0.3 is 10.6 Å². The van der Waals surface area contributed by atoms with Crippen molar-refractivity contribution in [1.82, 2.24) is 0 Å². The Morgan fingerprint density at radius 2 is 2.07 bits per heavy atom. The first-order valence-electron chi connectivity index (χ1n) is 4.77. The Kier molecular flexibility index (Phi) is 3.47. The number of halogens is 1. The second-order valence-electron chi connectivity index (χ2n) is 3.68. The van der Waals surface area contributed by atoms with Crippen LogP contribution in [-0.4, -0.2) is 13.1 Å². The van der Waals surface area contributed by atoms with E-state index in [-0.39, 0.29) is 12.4 Å². The van der Waals surface area contributed by atoms with E-state index < -0.39 is 0 Å². The Bertz CT molecular complexity index is 310. The van der Waals surface area contributed by atoms with Gasteiger partial charge >= 0.3 is 0 Å². The quantitative estimate of drug-likeness (QED) is 0.802. The number of rotatable bonds is 3. The Morgan fingerprint density at radius 1 is 1.43 bits per heavy atom. The number of anilines is 1. The van der Waals surface area contributed by atoms with Gasteiger partial charge in [0.2, 0.25) is 0 Å². The van der Waals surface area contributed by atoms with E-state index in [1.54, 1.807) is 6.07 Å². The molecule has 0 amide bonds. The van der Waals surface area contributed by atoms with E-state index in [2.05, 4.69) is 13.8 Å². The highest BCUT2D eigenvalue weighted by atomic mass is 19.1. The summed E-state index contributed by atoms with van der Waals surface area (Å²) >= 11 is 0. The van der Waals surface area contributed by atoms with Crippen molar-refractivity contribution in [3.8, 4) is 0 Å². The fraction of sp³-hybridized carbons (Fsp3) is 0.455. The summed E-state index contributed by atoms with van der Waals surface area (Å²) in [5.74, 6) is -0.225. The fourth-order valence-corrected chi connectivity index (χ4v) is 1.22. The first-order valence-corrected chi connectivity index (χ1v) is 4.77. The van der Waals surface area contributed by atoms with Crippen LogP contribution >= 0.6 is 0 Å². The van der Waals surface area contributed by atoms with E-state index in [9.17, 15) is 4.39 Å². The van der Waals surface area contributed by atoms with Crippen molar-refractivity contribution in [3.05, 3.63) is 29.6 Å². The van der Waals surface area contributed by atoms with Crippen LogP contribution in [0.4, 0.5) is 10.1 Å². The van der Waals surface area contributed by atoms with Gasteiger partial charge in [-0.1, -0.05) is 6.07 Å². The normalized spacial score (nSPS) is 10.7. The third-order valence-electron chi connectivity index (χ3n) is 2.44. The predicted octanol–water partition coefficient (Wildman–Crippen LogP) is 2.13. The molecule has 2 nitrogen and oxygen atoms in total. The Balaban J connectivity index is 2.96. The molecule has 1 aromatic rings. The van der Waals surface area contributed by atoms with Gasteiger partial charge in [0, 0.05) is 30.9 Å². The molecule has 0 aliphatic carbocycles. The fourth-order valence-electron chi connectivity index (χ4n) is 1.22. The smallest absolute Gasteiger partial charge is 0.129 e. The molecule has 0 atom stereocenters. The topological polar surface area (TPSA) is 29.3 Å². The molecule has 0 aromatic heterocycles. The summed E-state index contributed by atoms with van der Waals surface area (Å²) in [6.07, 6.45) is 0. The van der Waals surface area contributed by atoms with Crippen molar-refractivity contribution in [2.24, 2.45) is 5.73 Å². The first kappa shape index (κ1) is 11.0. The van der Waals surface area contributed by atoms with Crippen molar-refractivity contribution >= 4 is 5.69 Å². The van der Waals surface area contributed by atoms with Crippen molar-refractivity contribution in [2.45, 2.75) is 26.4 Å². The van der Waals surface area contributed by atoms with Gasteiger partial charge in [0.1, 0.15) is 5.82 Å². The Labute approximate surface area is 84.5 Å². The summed E-state index contributed by atoms with van der Waals surface area (Å²) in [5, 5.41) is 0. The Morgan fingerprint density at radius 3 is 2.50 bits per heavy atom. The standard InChI is InChI=1S/C11H17FN2/c1-8(2)14(3)10-5-4-9(7-13)11(12)6-10/h4-6,8H,7,13H2,1-3H3. The van der Waals surface area contributed by atoms with E-state index in [0.717, 1.165) is 5.69 Å². The monoisotopic (exact) mass is 196 g/mol. The minimum Gasteiger partial charge on any atom is -0.372 e. The van der Waals surface area contributed by atoms with E-state index >= 15 is 0 Å². The van der Waals surface area contributed by atoms with Gasteiger partial charge in [0.25, 0.3) is 0 Å². The van der Waals surface area contributed by atoms with Gasteiger partial charge in [-0.2, -0.15) is 0 Å². The number of nitrogens with two attached hydrogens (primary N) is 1. The zero-order chi connectivity index (χ0) is 10.7. The molecule has 0 unspecified atom stereocenters. The second kappa shape index (κ2) is 4.42. The molecule has 0 fully saturated rings. The van der Waals surface area contributed by atoms with Crippen LogP contribution in [0.25, 0.3) is 0 Å². The number of hydrogen-bond donors (Lipinski definition) is 1. The average Bonchev–Trinajstić information content (AvgIpc) is 2.16. The molecule has 0 heterocycles. The maximum atomic E-state index is 13.4. The largest absolute Gasteiger partial charge is 0.372 e. The van der Waals surface area contributed by atoms with Gasteiger partial charge in [0.15, 0.2) is 0 Å². The van der Waals surface area contributed by atoms with Crippen LogP contribution in [0, 0.1) is 5.82 Å². The molecule has 0 aliphatic rings. The van der Waals surface area contributed by atoms with E-state index in [1.807, 2.05) is 18.0 Å². The molecule has 0 bridgehead atoms. The maximum Gasteiger partial charge on any atom is 0.129 e. The van der Waals surface area contributed by atoms with Gasteiger partial charge in [-0.25, -0.2) is 4.39 Å². The number of benzene rings is 1. The molecule has 14 heavy (non-hydrogen) atoms. The number of hydrogen-bond acceptors (Lipinski definition) is 2. The molecular weight excluding hydrogens is 179 g/mol. The van der Waals surface area contributed by atoms with Gasteiger partial charge in [-0.05, 0) is 26.0 Å². The molecule has 0 aliphatic heterocycles. The zero-order valence-electron chi connectivity index (χ0n) is 8.92. The van der Waals surface area contributed by atoms with Crippen LogP contribution in [0.5, 0.6) is 0 Å². The lowest BCUT2D eigenvalue weighted by Gasteiger charge is -2.24. The molecule has 3 heteroatoms. The summed E-state index contributed by atoms with van der Waals surface area (Å²) in [6, 6.07) is 5.52. The van der Waals surface area contributed by atoms with Crippen LogP contribution in [0.3, 0.4) is 0 Å². The highest BCUT2D eigenvalue weighted by molar-refractivity contribution is 5.48. The number of nitrogens with zero attached hydrogens (tertiary/aromatic N) is 1. The molecule has 78 valence electrons. The highest BCUT2D eigenvalue weighted by Gasteiger charge is 2.07. The van der Waals surface area contributed by atoms with Gasteiger partial charge in [-0.3, -0.25) is 0 Å². The molecule has 2 N–H and O–H groups in total. The highest BCUT2D eigenvalue weighted by Crippen LogP contribution is 2.18. The lowest BCUT2D eigenvalue weighted by atomic mass is 10.1. The van der Waals surface area contributed by atoms with E-state index in [0.29, 0.717) is 11.6 Å². The average molecular weight is 196 g/mol. The van der Waals surface area contributed by atoms with Crippen molar-refractivity contribution < 1.29 is 4.39 Å². The third kappa shape index (κ3) is 2.23. The second-order valence-corrected chi connectivity index (χ2v) is 3.68. The lowest BCUT2D eigenvalue weighted by molar-refractivity contribution is 0.609. The molecule has 0 spiro atoms. The summed E-state index contributed by atoms with van der Waals surface area (Å²) in [6.45, 7) is 4.38. The summed E-state index contributed by atoms with van der Waals surface area (Å²) in [5.41, 5.74) is 6.83. The summed E-state index contributed by atoms with van der Waals surface area (Å²) < 4.78 is 13.4. The minimum absolute atomic E-state index is 0.225. The molecule has 1 rings (SSSR count). The SMILES string of the molecule is CC(C)N(C)c1ccc(CN)c(F)c1. The lowest BCUT2D eigenvalue weighted by Crippen LogP contribution is -2.25. The van der Waals surface area contributed by atoms with Gasteiger partial charge in [0.05, 0.1) is 0 Å². The van der Waals surface area contributed by atoms with Crippen molar-refractivity contribution in [3.63, 3.8) is 0 Å². The third-order valence-corrected chi connectivity index (χ3v) is 2.44.